The Labute approximate surface area is 301 Å². The Morgan fingerprint density at radius 1 is 1.00 bits per heavy atom. The van der Waals surface area contributed by atoms with E-state index in [4.69, 9.17) is 0 Å². The molecule has 51 heavy (non-hydrogen) atoms. The fourth-order valence-corrected chi connectivity index (χ4v) is 9.03. The van der Waals surface area contributed by atoms with Gasteiger partial charge in [-0.25, -0.2) is 22.0 Å². The minimum absolute atomic E-state index is 0.0722. The topological polar surface area (TPSA) is 171 Å². The van der Waals surface area contributed by atoms with Crippen LogP contribution in [0.1, 0.15) is 92.4 Å². The number of ketones is 1. The predicted molar refractivity (Wildman–Crippen MR) is 190 cm³/mol. The van der Waals surface area contributed by atoms with Crippen LogP contribution in [0, 0.1) is 23.2 Å². The van der Waals surface area contributed by atoms with E-state index in [-0.39, 0.29) is 43.7 Å². The second kappa shape index (κ2) is 17.0. The van der Waals surface area contributed by atoms with Gasteiger partial charge in [0.15, 0.2) is 9.84 Å². The van der Waals surface area contributed by atoms with Gasteiger partial charge in [-0.05, 0) is 54.9 Å². The zero-order valence-corrected chi connectivity index (χ0v) is 31.5. The van der Waals surface area contributed by atoms with Gasteiger partial charge in [0.05, 0.1) is 17.3 Å². The second-order valence-corrected chi connectivity index (χ2v) is 18.1. The third kappa shape index (κ3) is 12.1. The van der Waals surface area contributed by atoms with E-state index in [0.717, 1.165) is 19.3 Å². The van der Waals surface area contributed by atoms with Crippen molar-refractivity contribution < 1.29 is 41.2 Å². The lowest BCUT2D eigenvalue weighted by molar-refractivity contribution is -0.143. The lowest BCUT2D eigenvalue weighted by Gasteiger charge is -2.40. The average Bonchev–Trinajstić information content (AvgIpc) is 3.73. The first-order valence-electron chi connectivity index (χ1n) is 18.0. The van der Waals surface area contributed by atoms with Gasteiger partial charge < -0.3 is 26.2 Å². The van der Waals surface area contributed by atoms with E-state index in [9.17, 15) is 41.2 Å². The standard InChI is InChI=1S/C36H57F2N5O7S/c1-8-17-39-31(46)28(44)26(18-24-13-14-24)40-30(45)27-19-25(23(3)4)20-43(27)32(47)29(34(5,6)7)41-33(48)42-35(15-11-10-12-16-35)21-51(49,50)22-36(37,38)9-2/h8-9,23-27,29H,1-2,10-22H2,3-7H3,(H,39,46)(H,40,45)(H2,41,42,48)/t25-,26?,27+,29-/m1/s1. The molecule has 288 valence electrons. The molecule has 1 aliphatic heterocycles. The molecule has 3 fully saturated rings. The van der Waals surface area contributed by atoms with E-state index >= 15 is 0 Å². The number of hydrogen-bond acceptors (Lipinski definition) is 7. The zero-order chi connectivity index (χ0) is 38.4. The number of nitrogens with zero attached hydrogens (tertiary/aromatic N) is 1. The zero-order valence-electron chi connectivity index (χ0n) is 30.7. The van der Waals surface area contributed by atoms with Gasteiger partial charge in [-0.1, -0.05) is 79.4 Å². The van der Waals surface area contributed by atoms with Crippen molar-refractivity contribution in [3.63, 3.8) is 0 Å². The quantitative estimate of drug-likeness (QED) is 0.130. The summed E-state index contributed by atoms with van der Waals surface area (Å²) in [6, 6.07) is -4.04. The first-order valence-corrected chi connectivity index (χ1v) is 19.8. The number of rotatable bonds is 17. The van der Waals surface area contributed by atoms with Crippen LogP contribution in [-0.4, -0.2) is 97.0 Å². The minimum Gasteiger partial charge on any atom is -0.346 e. The number of Topliss-reactive ketones (excluding diaryl/α,β-unsaturated/α-hetero) is 1. The summed E-state index contributed by atoms with van der Waals surface area (Å²) in [6.07, 6.45) is 6.56. The van der Waals surface area contributed by atoms with Gasteiger partial charge in [0, 0.05) is 13.1 Å². The highest BCUT2D eigenvalue weighted by Crippen LogP contribution is 2.36. The average molecular weight is 742 g/mol. The Kier molecular flexibility index (Phi) is 14.0. The molecule has 4 atom stereocenters. The number of allylic oxidation sites excluding steroid dienone is 1. The largest absolute Gasteiger partial charge is 0.346 e. The van der Waals surface area contributed by atoms with Crippen LogP contribution in [0.25, 0.3) is 0 Å². The maximum absolute atomic E-state index is 14.4. The van der Waals surface area contributed by atoms with Crippen LogP contribution in [0.4, 0.5) is 13.6 Å². The molecule has 12 nitrogen and oxygen atoms in total. The molecule has 0 aromatic heterocycles. The number of halogens is 2. The number of carbonyl (C=O) groups is 5. The molecule has 1 unspecified atom stereocenters. The van der Waals surface area contributed by atoms with Gasteiger partial charge in [-0.3, -0.25) is 19.2 Å². The van der Waals surface area contributed by atoms with Gasteiger partial charge >= 0.3 is 6.03 Å². The normalized spacial score (nSPS) is 22.0. The lowest BCUT2D eigenvalue weighted by Crippen LogP contribution is -2.63. The maximum atomic E-state index is 14.4. The molecule has 1 saturated heterocycles. The van der Waals surface area contributed by atoms with Gasteiger partial charge in [0.25, 0.3) is 11.8 Å². The van der Waals surface area contributed by atoms with Crippen LogP contribution < -0.4 is 21.3 Å². The number of urea groups is 1. The molecule has 15 heteroatoms. The number of nitrogens with one attached hydrogen (secondary N) is 4. The highest BCUT2D eigenvalue weighted by Gasteiger charge is 2.48. The Hall–Kier alpha value is -3.36. The van der Waals surface area contributed by atoms with Crippen LogP contribution >= 0.6 is 0 Å². The van der Waals surface area contributed by atoms with Crippen LogP contribution in [-0.2, 0) is 29.0 Å². The van der Waals surface area contributed by atoms with Crippen LogP contribution in [0.5, 0.6) is 0 Å². The summed E-state index contributed by atoms with van der Waals surface area (Å²) in [5, 5.41) is 10.7. The molecule has 0 bridgehead atoms. The molecule has 2 saturated carbocycles. The highest BCUT2D eigenvalue weighted by molar-refractivity contribution is 7.91. The van der Waals surface area contributed by atoms with Crippen LogP contribution in [0.3, 0.4) is 0 Å². The van der Waals surface area contributed by atoms with Gasteiger partial charge in [0.1, 0.15) is 17.8 Å². The number of amides is 5. The molecule has 0 aromatic rings. The van der Waals surface area contributed by atoms with E-state index in [2.05, 4.69) is 34.4 Å². The summed E-state index contributed by atoms with van der Waals surface area (Å²) in [6.45, 7) is 16.0. The van der Waals surface area contributed by atoms with E-state index in [1.165, 1.54) is 11.0 Å². The molecular weight excluding hydrogens is 684 g/mol. The third-order valence-corrected chi connectivity index (χ3v) is 12.0. The monoisotopic (exact) mass is 741 g/mol. The molecule has 4 N–H and O–H groups in total. The maximum Gasteiger partial charge on any atom is 0.315 e. The Morgan fingerprint density at radius 2 is 1.63 bits per heavy atom. The fourth-order valence-electron chi connectivity index (χ4n) is 7.02. The van der Waals surface area contributed by atoms with Crippen molar-refractivity contribution >= 4 is 39.4 Å². The van der Waals surface area contributed by atoms with E-state index < -0.39 is 85.9 Å². The number of carbonyl (C=O) groups excluding carboxylic acids is 5. The summed E-state index contributed by atoms with van der Waals surface area (Å²) in [7, 11) is -4.34. The Bertz CT molecular complexity index is 1440. The summed E-state index contributed by atoms with van der Waals surface area (Å²) < 4.78 is 53.9. The molecule has 0 radical (unpaired) electrons. The van der Waals surface area contributed by atoms with Gasteiger partial charge in [-0.15, -0.1) is 6.58 Å². The van der Waals surface area contributed by atoms with Crippen molar-refractivity contribution in [3.05, 3.63) is 25.3 Å². The lowest BCUT2D eigenvalue weighted by atomic mass is 9.83. The minimum atomic E-state index is -4.34. The molecule has 3 aliphatic rings. The summed E-state index contributed by atoms with van der Waals surface area (Å²) in [5.74, 6) is -8.24. The van der Waals surface area contributed by atoms with Crippen LogP contribution in [0.2, 0.25) is 0 Å². The van der Waals surface area contributed by atoms with Crippen molar-refractivity contribution in [1.29, 1.82) is 0 Å². The Balaban J connectivity index is 1.84. The van der Waals surface area contributed by atoms with Crippen molar-refractivity contribution in [3.8, 4) is 0 Å². The fraction of sp³-hybridized carbons (Fsp3) is 0.750. The van der Waals surface area contributed by atoms with Crippen molar-refractivity contribution in [2.45, 2.75) is 122 Å². The smallest absolute Gasteiger partial charge is 0.315 e. The first kappa shape index (κ1) is 42.1. The van der Waals surface area contributed by atoms with Crippen molar-refractivity contribution in [2.24, 2.45) is 23.2 Å². The second-order valence-electron chi connectivity index (χ2n) is 16.1. The van der Waals surface area contributed by atoms with E-state index in [1.54, 1.807) is 20.8 Å². The molecule has 1 heterocycles. The molecular formula is C36H57F2N5O7S. The molecule has 5 amide bonds. The molecule has 3 rings (SSSR count). The van der Waals surface area contributed by atoms with Gasteiger partial charge in [-0.2, -0.15) is 0 Å². The third-order valence-electron chi connectivity index (χ3n) is 10.2. The number of sulfone groups is 1. The molecule has 0 spiro atoms. The van der Waals surface area contributed by atoms with E-state index in [1.807, 2.05) is 13.8 Å². The Morgan fingerprint density at radius 3 is 2.16 bits per heavy atom. The molecule has 2 aliphatic carbocycles. The number of alkyl halides is 2. The summed E-state index contributed by atoms with van der Waals surface area (Å²) in [5.41, 5.74) is -2.19. The predicted octanol–water partition coefficient (Wildman–Crippen LogP) is 3.67. The summed E-state index contributed by atoms with van der Waals surface area (Å²) in [4.78, 5) is 69.0. The molecule has 0 aromatic carbocycles. The van der Waals surface area contributed by atoms with Gasteiger partial charge in [0.2, 0.25) is 17.6 Å². The first-order chi connectivity index (χ1) is 23.6. The van der Waals surface area contributed by atoms with Crippen LogP contribution in [0.15, 0.2) is 25.3 Å². The van der Waals surface area contributed by atoms with E-state index in [0.29, 0.717) is 31.8 Å². The summed E-state index contributed by atoms with van der Waals surface area (Å²) >= 11 is 0. The SMILES string of the molecule is C=CCNC(=O)C(=O)C(CC1CC1)NC(=O)[C@@H]1C[C@@H](C(C)C)CN1C(=O)[C@@H](NC(=O)NC1(CS(=O)(=O)CC(F)(F)C=C)CCCCC1)C(C)(C)C. The highest BCUT2D eigenvalue weighted by atomic mass is 32.2. The van der Waals surface area contributed by atoms with Crippen molar-refractivity contribution in [2.75, 3.05) is 24.6 Å². The number of hydrogen-bond donors (Lipinski definition) is 4. The number of likely N-dealkylation sites (tertiary alicyclic amines) is 1. The van der Waals surface area contributed by atoms with Crippen molar-refractivity contribution in [1.82, 2.24) is 26.2 Å².